The fraction of sp³-hybridized carbons (Fsp3) is 0.650. The number of hydrogen-bond acceptors (Lipinski definition) is 4. The molecule has 0 spiro atoms. The molecule has 5 nitrogen and oxygen atoms in total. The molecule has 6 heteroatoms. The van der Waals surface area contributed by atoms with Crippen molar-refractivity contribution in [1.82, 2.24) is 0 Å². The Hall–Kier alpha value is -1.16. The molecule has 0 saturated heterocycles. The van der Waals surface area contributed by atoms with Gasteiger partial charge in [0.25, 0.3) is 0 Å². The van der Waals surface area contributed by atoms with E-state index in [-0.39, 0.29) is 25.0 Å². The molecule has 0 aromatic heterocycles. The van der Waals surface area contributed by atoms with Crippen LogP contribution in [-0.4, -0.2) is 24.8 Å². The normalized spacial score (nSPS) is 17.1. The van der Waals surface area contributed by atoms with Gasteiger partial charge in [-0.1, -0.05) is 37.0 Å². The second kappa shape index (κ2) is 9.68. The molecule has 0 bridgehead atoms. The molecule has 1 aliphatic rings. The Kier molecular flexibility index (Phi) is 7.87. The standard InChI is InChI=1S/C20H32NO4P/c1-5-24-26(23,25-6-2)19(17-10-8-7-9-11-17)20(22)21-18-13-12-15(3)14-16(18)4/h12-14,17,19H,5-11H2,1-4H3,(H,21,22). The first kappa shape index (κ1) is 21.1. The second-order valence-electron chi connectivity index (χ2n) is 7.03. The van der Waals surface area contributed by atoms with Crippen LogP contribution in [0.15, 0.2) is 18.2 Å². The predicted octanol–water partition coefficient (Wildman–Crippen LogP) is 5.46. The van der Waals surface area contributed by atoms with Crippen LogP contribution in [0.4, 0.5) is 5.69 Å². The number of hydrogen-bond donors (Lipinski definition) is 1. The van der Waals surface area contributed by atoms with Crippen LogP contribution in [0.25, 0.3) is 0 Å². The summed E-state index contributed by atoms with van der Waals surface area (Å²) in [4.78, 5) is 13.2. The molecule has 1 atom stereocenters. The van der Waals surface area contributed by atoms with Crippen molar-refractivity contribution in [2.45, 2.75) is 65.5 Å². The van der Waals surface area contributed by atoms with Gasteiger partial charge in [0.05, 0.1) is 13.2 Å². The molecule has 1 aliphatic carbocycles. The van der Waals surface area contributed by atoms with Gasteiger partial charge in [-0.25, -0.2) is 0 Å². The molecule has 1 aromatic carbocycles. The molecule has 0 heterocycles. The molecule has 1 amide bonds. The summed E-state index contributed by atoms with van der Waals surface area (Å²) in [6.45, 7) is 8.07. The Bertz CT molecular complexity index is 645. The van der Waals surface area contributed by atoms with Crippen LogP contribution in [0.3, 0.4) is 0 Å². The Balaban J connectivity index is 2.31. The maximum absolute atomic E-state index is 13.5. The molecule has 26 heavy (non-hydrogen) atoms. The summed E-state index contributed by atoms with van der Waals surface area (Å²) in [5, 5.41) is 2.99. The van der Waals surface area contributed by atoms with Crippen molar-refractivity contribution >= 4 is 19.2 Å². The first-order valence-corrected chi connectivity index (χ1v) is 11.3. The van der Waals surface area contributed by atoms with Crippen LogP contribution < -0.4 is 5.32 Å². The summed E-state index contributed by atoms with van der Waals surface area (Å²) in [5.74, 6) is -0.229. The molecule has 1 aromatic rings. The molecule has 1 saturated carbocycles. The van der Waals surface area contributed by atoms with E-state index in [2.05, 4.69) is 5.32 Å². The highest BCUT2D eigenvalue weighted by Crippen LogP contribution is 2.57. The quantitative estimate of drug-likeness (QED) is 0.608. The van der Waals surface area contributed by atoms with Gasteiger partial charge in [-0.3, -0.25) is 9.36 Å². The monoisotopic (exact) mass is 381 g/mol. The van der Waals surface area contributed by atoms with E-state index in [4.69, 9.17) is 9.05 Å². The van der Waals surface area contributed by atoms with Crippen LogP contribution in [-0.2, 0) is 18.4 Å². The van der Waals surface area contributed by atoms with E-state index in [0.717, 1.165) is 48.9 Å². The molecule has 146 valence electrons. The van der Waals surface area contributed by atoms with Crippen LogP contribution in [0.5, 0.6) is 0 Å². The van der Waals surface area contributed by atoms with Crippen LogP contribution in [0.1, 0.15) is 57.1 Å². The number of rotatable bonds is 8. The smallest absolute Gasteiger partial charge is 0.325 e. The lowest BCUT2D eigenvalue weighted by Gasteiger charge is -2.33. The van der Waals surface area contributed by atoms with Crippen molar-refractivity contribution in [3.05, 3.63) is 29.3 Å². The number of nitrogens with one attached hydrogen (secondary N) is 1. The summed E-state index contributed by atoms with van der Waals surface area (Å²) in [7, 11) is -3.53. The van der Waals surface area contributed by atoms with Crippen molar-refractivity contribution in [2.24, 2.45) is 5.92 Å². The minimum absolute atomic E-state index is 0.0263. The highest BCUT2D eigenvalue weighted by atomic mass is 31.2. The number of carbonyl (C=O) groups is 1. The van der Waals surface area contributed by atoms with E-state index >= 15 is 0 Å². The van der Waals surface area contributed by atoms with Crippen molar-refractivity contribution < 1.29 is 18.4 Å². The van der Waals surface area contributed by atoms with Crippen molar-refractivity contribution in [1.29, 1.82) is 0 Å². The zero-order chi connectivity index (χ0) is 19.2. The summed E-state index contributed by atoms with van der Waals surface area (Å²) in [6.07, 6.45) is 5.03. The average Bonchev–Trinajstić information content (AvgIpc) is 2.59. The second-order valence-corrected chi connectivity index (χ2v) is 9.18. The Morgan fingerprint density at radius 1 is 1.15 bits per heavy atom. The van der Waals surface area contributed by atoms with Crippen molar-refractivity contribution in [2.75, 3.05) is 18.5 Å². The Labute approximate surface area is 157 Å². The lowest BCUT2D eigenvalue weighted by Crippen LogP contribution is -2.37. The van der Waals surface area contributed by atoms with E-state index in [1.807, 2.05) is 32.0 Å². The van der Waals surface area contributed by atoms with Crippen LogP contribution >= 0.6 is 7.60 Å². The zero-order valence-corrected chi connectivity index (χ0v) is 17.3. The number of aryl methyl sites for hydroxylation is 2. The largest absolute Gasteiger partial charge is 0.343 e. The summed E-state index contributed by atoms with van der Waals surface area (Å²) >= 11 is 0. The Morgan fingerprint density at radius 3 is 2.31 bits per heavy atom. The van der Waals surface area contributed by atoms with Crippen LogP contribution in [0, 0.1) is 19.8 Å². The third kappa shape index (κ3) is 5.18. The summed E-state index contributed by atoms with van der Waals surface area (Å²) in [6, 6.07) is 5.88. The van der Waals surface area contributed by atoms with Gasteiger partial charge in [0.2, 0.25) is 5.91 Å². The van der Waals surface area contributed by atoms with Crippen molar-refractivity contribution in [3.8, 4) is 0 Å². The highest BCUT2D eigenvalue weighted by Gasteiger charge is 2.46. The van der Waals surface area contributed by atoms with Gasteiger partial charge < -0.3 is 14.4 Å². The lowest BCUT2D eigenvalue weighted by molar-refractivity contribution is -0.117. The Morgan fingerprint density at radius 2 is 1.77 bits per heavy atom. The molecule has 0 aliphatic heterocycles. The molecule has 1 unspecified atom stereocenters. The maximum Gasteiger partial charge on any atom is 0.343 e. The molecule has 2 rings (SSSR count). The average molecular weight is 381 g/mol. The van der Waals surface area contributed by atoms with Gasteiger partial charge in [-0.05, 0) is 58.1 Å². The third-order valence-corrected chi connectivity index (χ3v) is 7.54. The van der Waals surface area contributed by atoms with Gasteiger partial charge in [0.1, 0.15) is 5.66 Å². The summed E-state index contributed by atoms with van der Waals surface area (Å²) < 4.78 is 24.6. The highest BCUT2D eigenvalue weighted by molar-refractivity contribution is 7.55. The van der Waals surface area contributed by atoms with Crippen LogP contribution in [0.2, 0.25) is 0 Å². The fourth-order valence-corrected chi connectivity index (χ4v) is 6.07. The van der Waals surface area contributed by atoms with E-state index < -0.39 is 13.3 Å². The van der Waals surface area contributed by atoms with Crippen molar-refractivity contribution in [3.63, 3.8) is 0 Å². The number of carbonyl (C=O) groups excluding carboxylic acids is 1. The van der Waals surface area contributed by atoms with Gasteiger partial charge >= 0.3 is 7.60 Å². The molecule has 0 radical (unpaired) electrons. The van der Waals surface area contributed by atoms with E-state index in [1.54, 1.807) is 13.8 Å². The first-order valence-electron chi connectivity index (χ1n) is 9.68. The molecule has 1 fully saturated rings. The molecular formula is C20H32NO4P. The minimum Gasteiger partial charge on any atom is -0.325 e. The fourth-order valence-electron chi connectivity index (χ4n) is 3.78. The SMILES string of the molecule is CCOP(=O)(OCC)C(C(=O)Nc1ccc(C)cc1C)C1CCCCC1. The third-order valence-electron chi connectivity index (χ3n) is 4.96. The molecular weight excluding hydrogens is 349 g/mol. The zero-order valence-electron chi connectivity index (χ0n) is 16.4. The number of benzene rings is 1. The van der Waals surface area contributed by atoms with Gasteiger partial charge in [-0.2, -0.15) is 0 Å². The van der Waals surface area contributed by atoms with Gasteiger partial charge in [0, 0.05) is 5.69 Å². The predicted molar refractivity (Wildman–Crippen MR) is 106 cm³/mol. The number of anilines is 1. The van der Waals surface area contributed by atoms with Gasteiger partial charge in [-0.15, -0.1) is 0 Å². The minimum atomic E-state index is -3.53. The van der Waals surface area contributed by atoms with E-state index in [0.29, 0.717) is 0 Å². The van der Waals surface area contributed by atoms with Gasteiger partial charge in [0.15, 0.2) is 0 Å². The summed E-state index contributed by atoms with van der Waals surface area (Å²) in [5.41, 5.74) is 2.12. The maximum atomic E-state index is 13.5. The lowest BCUT2D eigenvalue weighted by atomic mass is 9.86. The first-order chi connectivity index (χ1) is 12.4. The molecule has 1 N–H and O–H groups in total. The van der Waals surface area contributed by atoms with E-state index in [1.165, 1.54) is 0 Å². The topological polar surface area (TPSA) is 64.6 Å². The van der Waals surface area contributed by atoms with E-state index in [9.17, 15) is 9.36 Å². The number of amides is 1.